The van der Waals surface area contributed by atoms with Gasteiger partial charge in [-0.1, -0.05) is 11.6 Å². The molecule has 0 N–H and O–H groups in total. The summed E-state index contributed by atoms with van der Waals surface area (Å²) >= 11 is 0. The molecule has 2 aliphatic rings. The number of carbonyl (C=O) groups is 1. The Morgan fingerprint density at radius 1 is 1.50 bits per heavy atom. The smallest absolute Gasteiger partial charge is 0.133 e. The van der Waals surface area contributed by atoms with Crippen molar-refractivity contribution < 1.29 is 4.79 Å². The highest BCUT2D eigenvalue weighted by molar-refractivity contribution is 5.82. The number of hydrogen-bond acceptors (Lipinski definition) is 1. The molecule has 1 nitrogen and oxygen atoms in total. The Kier molecular flexibility index (Phi) is 1.19. The fourth-order valence-corrected chi connectivity index (χ4v) is 2.20. The summed E-state index contributed by atoms with van der Waals surface area (Å²) < 4.78 is 0. The van der Waals surface area contributed by atoms with E-state index in [0.717, 1.165) is 19.3 Å². The van der Waals surface area contributed by atoms with Crippen LogP contribution in [0.4, 0.5) is 0 Å². The van der Waals surface area contributed by atoms with Gasteiger partial charge in [0.1, 0.15) is 5.78 Å². The first-order chi connectivity index (χ1) is 4.77. The quantitative estimate of drug-likeness (QED) is 0.465. The van der Waals surface area contributed by atoms with Crippen molar-refractivity contribution in [3.8, 4) is 0 Å². The molecule has 0 spiro atoms. The molecule has 0 aromatic rings. The second kappa shape index (κ2) is 1.94. The second-order valence-corrected chi connectivity index (χ2v) is 3.50. The maximum absolute atomic E-state index is 11.0. The molecule has 0 unspecified atom stereocenters. The van der Waals surface area contributed by atoms with Crippen LogP contribution in [0.1, 0.15) is 26.2 Å². The number of allylic oxidation sites excluding steroid dienone is 2. The van der Waals surface area contributed by atoms with Gasteiger partial charge in [-0.15, -0.1) is 0 Å². The van der Waals surface area contributed by atoms with Crippen LogP contribution >= 0.6 is 0 Å². The van der Waals surface area contributed by atoms with E-state index in [2.05, 4.69) is 13.0 Å². The van der Waals surface area contributed by atoms with Crippen LogP contribution in [0, 0.1) is 11.8 Å². The van der Waals surface area contributed by atoms with E-state index in [1.807, 2.05) is 0 Å². The molecule has 0 aromatic heterocycles. The first kappa shape index (κ1) is 6.14. The van der Waals surface area contributed by atoms with E-state index in [0.29, 0.717) is 17.6 Å². The van der Waals surface area contributed by atoms with Gasteiger partial charge in [-0.2, -0.15) is 0 Å². The summed E-state index contributed by atoms with van der Waals surface area (Å²) in [6.07, 6.45) is 5.12. The zero-order valence-electron chi connectivity index (χ0n) is 6.26. The standard InChI is InChI=1S/C9H12O/c1-6-2-3-7-4-8(10)5-9(6)7/h2,7,9H,3-5H2,1H3/t7-,9-/m0/s1. The Labute approximate surface area is 61.1 Å². The zero-order valence-corrected chi connectivity index (χ0v) is 6.26. The highest BCUT2D eigenvalue weighted by Gasteiger charge is 2.36. The molecule has 0 saturated heterocycles. The molecule has 0 bridgehead atoms. The summed E-state index contributed by atoms with van der Waals surface area (Å²) in [5.74, 6) is 1.79. The Morgan fingerprint density at radius 2 is 2.30 bits per heavy atom. The lowest BCUT2D eigenvalue weighted by Gasteiger charge is -2.08. The SMILES string of the molecule is CC1=CC[C@H]2CC(=O)C[C@@H]12. The number of carbonyl (C=O) groups excluding carboxylic acids is 1. The van der Waals surface area contributed by atoms with Crippen LogP contribution in [0.3, 0.4) is 0 Å². The molecule has 1 heteroatoms. The van der Waals surface area contributed by atoms with Gasteiger partial charge in [0.25, 0.3) is 0 Å². The van der Waals surface area contributed by atoms with Gasteiger partial charge in [-0.05, 0) is 25.2 Å². The van der Waals surface area contributed by atoms with Gasteiger partial charge >= 0.3 is 0 Å². The monoisotopic (exact) mass is 136 g/mol. The van der Waals surface area contributed by atoms with Crippen LogP contribution in [0.2, 0.25) is 0 Å². The molecule has 0 aromatic carbocycles. The van der Waals surface area contributed by atoms with Crippen molar-refractivity contribution >= 4 is 5.78 Å². The van der Waals surface area contributed by atoms with Crippen molar-refractivity contribution in [1.29, 1.82) is 0 Å². The second-order valence-electron chi connectivity index (χ2n) is 3.50. The lowest BCUT2D eigenvalue weighted by Crippen LogP contribution is -2.00. The zero-order chi connectivity index (χ0) is 7.14. The van der Waals surface area contributed by atoms with E-state index >= 15 is 0 Å². The number of Topliss-reactive ketones (excluding diaryl/α,β-unsaturated/α-hetero) is 1. The maximum Gasteiger partial charge on any atom is 0.133 e. The van der Waals surface area contributed by atoms with Gasteiger partial charge in [0, 0.05) is 12.8 Å². The number of fused-ring (bicyclic) bond motifs is 1. The average Bonchev–Trinajstić information content (AvgIpc) is 2.35. The van der Waals surface area contributed by atoms with Crippen molar-refractivity contribution in [3.63, 3.8) is 0 Å². The van der Waals surface area contributed by atoms with Crippen molar-refractivity contribution in [2.45, 2.75) is 26.2 Å². The van der Waals surface area contributed by atoms with Crippen molar-refractivity contribution in [2.24, 2.45) is 11.8 Å². The van der Waals surface area contributed by atoms with Crippen LogP contribution in [0.15, 0.2) is 11.6 Å². The van der Waals surface area contributed by atoms with Gasteiger partial charge in [0.15, 0.2) is 0 Å². The highest BCUT2D eigenvalue weighted by Crippen LogP contribution is 2.41. The van der Waals surface area contributed by atoms with Gasteiger partial charge in [0.2, 0.25) is 0 Å². The number of ketones is 1. The summed E-state index contributed by atoms with van der Waals surface area (Å²) in [5, 5.41) is 0. The molecule has 54 valence electrons. The van der Waals surface area contributed by atoms with Crippen molar-refractivity contribution in [2.75, 3.05) is 0 Å². The maximum atomic E-state index is 11.0. The van der Waals surface area contributed by atoms with Crippen LogP contribution < -0.4 is 0 Å². The van der Waals surface area contributed by atoms with E-state index in [1.54, 1.807) is 0 Å². The summed E-state index contributed by atoms with van der Waals surface area (Å²) in [5.41, 5.74) is 1.45. The van der Waals surface area contributed by atoms with Gasteiger partial charge in [-0.25, -0.2) is 0 Å². The molecule has 0 aliphatic heterocycles. The van der Waals surface area contributed by atoms with E-state index in [-0.39, 0.29) is 0 Å². The Balaban J connectivity index is 2.20. The summed E-state index contributed by atoms with van der Waals surface area (Å²) in [6.45, 7) is 2.16. The van der Waals surface area contributed by atoms with Crippen LogP contribution in [0.5, 0.6) is 0 Å². The van der Waals surface area contributed by atoms with Crippen molar-refractivity contribution in [3.05, 3.63) is 11.6 Å². The summed E-state index contributed by atoms with van der Waals surface area (Å²) in [4.78, 5) is 11.0. The normalized spacial score (nSPS) is 38.1. The highest BCUT2D eigenvalue weighted by atomic mass is 16.1. The predicted octanol–water partition coefficient (Wildman–Crippen LogP) is 1.93. The van der Waals surface area contributed by atoms with Gasteiger partial charge in [-0.3, -0.25) is 4.79 Å². The van der Waals surface area contributed by atoms with Gasteiger partial charge in [0.05, 0.1) is 0 Å². The first-order valence-electron chi connectivity index (χ1n) is 3.95. The Bertz CT molecular complexity index is 203. The first-order valence-corrected chi connectivity index (χ1v) is 3.95. The van der Waals surface area contributed by atoms with Crippen molar-refractivity contribution in [1.82, 2.24) is 0 Å². The molecular weight excluding hydrogens is 124 g/mol. The van der Waals surface area contributed by atoms with Crippen LogP contribution in [-0.4, -0.2) is 5.78 Å². The van der Waals surface area contributed by atoms with E-state index in [9.17, 15) is 4.79 Å². The van der Waals surface area contributed by atoms with Crippen LogP contribution in [0.25, 0.3) is 0 Å². The van der Waals surface area contributed by atoms with Gasteiger partial charge < -0.3 is 0 Å². The lowest BCUT2D eigenvalue weighted by molar-refractivity contribution is -0.117. The Hall–Kier alpha value is -0.590. The minimum absolute atomic E-state index is 0.474. The third-order valence-corrected chi connectivity index (χ3v) is 2.83. The predicted molar refractivity (Wildman–Crippen MR) is 39.6 cm³/mol. The topological polar surface area (TPSA) is 17.1 Å². The number of rotatable bonds is 0. The molecule has 1 fully saturated rings. The Morgan fingerprint density at radius 3 is 3.00 bits per heavy atom. The summed E-state index contributed by atoms with van der Waals surface area (Å²) in [6, 6.07) is 0. The third-order valence-electron chi connectivity index (χ3n) is 2.83. The fraction of sp³-hybridized carbons (Fsp3) is 0.667. The molecule has 2 aliphatic carbocycles. The third kappa shape index (κ3) is 0.731. The molecular formula is C9H12O. The minimum Gasteiger partial charge on any atom is -0.300 e. The molecule has 0 amide bonds. The number of hydrogen-bond donors (Lipinski definition) is 0. The molecule has 2 rings (SSSR count). The minimum atomic E-state index is 0.474. The molecule has 10 heavy (non-hydrogen) atoms. The van der Waals surface area contributed by atoms with E-state index < -0.39 is 0 Å². The lowest BCUT2D eigenvalue weighted by atomic mass is 9.96. The molecule has 1 saturated carbocycles. The van der Waals surface area contributed by atoms with E-state index in [1.165, 1.54) is 5.57 Å². The molecule has 2 atom stereocenters. The van der Waals surface area contributed by atoms with E-state index in [4.69, 9.17) is 0 Å². The van der Waals surface area contributed by atoms with Crippen LogP contribution in [-0.2, 0) is 4.79 Å². The molecule has 0 heterocycles. The summed E-state index contributed by atoms with van der Waals surface area (Å²) in [7, 11) is 0. The molecule has 0 radical (unpaired) electrons. The fourth-order valence-electron chi connectivity index (χ4n) is 2.20. The average molecular weight is 136 g/mol. The largest absolute Gasteiger partial charge is 0.300 e.